The molecule has 0 amide bonds. The third-order valence-corrected chi connectivity index (χ3v) is 4.33. The lowest BCUT2D eigenvalue weighted by Crippen LogP contribution is -2.34. The van der Waals surface area contributed by atoms with Gasteiger partial charge in [-0.05, 0) is 12.5 Å². The minimum Gasteiger partial charge on any atom is -0.395 e. The SMILES string of the molecule is CCCN(CCO)S(=O)(=O)c1cc(F)c(F)cc1F. The Morgan fingerprint density at radius 3 is 2.21 bits per heavy atom. The van der Waals surface area contributed by atoms with Gasteiger partial charge in [0, 0.05) is 19.2 Å². The Balaban J connectivity index is 3.28. The van der Waals surface area contributed by atoms with E-state index in [1.165, 1.54) is 0 Å². The summed E-state index contributed by atoms with van der Waals surface area (Å²) in [4.78, 5) is -0.937. The molecular weight excluding hydrogens is 283 g/mol. The summed E-state index contributed by atoms with van der Waals surface area (Å²) in [6, 6.07) is 0.491. The van der Waals surface area contributed by atoms with Crippen LogP contribution in [0.4, 0.5) is 13.2 Å². The Bertz CT molecular complexity index is 542. The van der Waals surface area contributed by atoms with Crippen LogP contribution in [0, 0.1) is 17.5 Å². The Morgan fingerprint density at radius 2 is 1.68 bits per heavy atom. The second-order valence-corrected chi connectivity index (χ2v) is 5.73. The first-order valence-corrected chi connectivity index (χ1v) is 7.04. The molecule has 1 rings (SSSR count). The van der Waals surface area contributed by atoms with Gasteiger partial charge in [0.25, 0.3) is 0 Å². The molecule has 8 heteroatoms. The maximum atomic E-state index is 13.5. The van der Waals surface area contributed by atoms with Crippen LogP contribution in [0.2, 0.25) is 0 Å². The van der Waals surface area contributed by atoms with Crippen LogP contribution in [0.3, 0.4) is 0 Å². The number of halogens is 3. The van der Waals surface area contributed by atoms with Crippen molar-refractivity contribution in [2.24, 2.45) is 0 Å². The quantitative estimate of drug-likeness (QED) is 0.810. The summed E-state index contributed by atoms with van der Waals surface area (Å²) in [5.41, 5.74) is 0. The van der Waals surface area contributed by atoms with Crippen molar-refractivity contribution in [2.45, 2.75) is 18.2 Å². The molecule has 0 aromatic heterocycles. The summed E-state index contributed by atoms with van der Waals surface area (Å²) in [7, 11) is -4.30. The molecule has 0 heterocycles. The Labute approximate surface area is 109 Å². The van der Waals surface area contributed by atoms with Crippen LogP contribution in [-0.4, -0.2) is 37.5 Å². The average molecular weight is 297 g/mol. The van der Waals surface area contributed by atoms with Gasteiger partial charge in [-0.3, -0.25) is 0 Å². The molecule has 1 aromatic rings. The molecule has 0 bridgehead atoms. The standard InChI is InChI=1S/C11H14F3NO3S/c1-2-3-15(4-5-16)19(17,18)11-7-9(13)8(12)6-10(11)14/h6-7,16H,2-5H2,1H3. The van der Waals surface area contributed by atoms with E-state index in [9.17, 15) is 21.6 Å². The van der Waals surface area contributed by atoms with E-state index in [-0.39, 0.29) is 19.2 Å². The van der Waals surface area contributed by atoms with Gasteiger partial charge in [-0.25, -0.2) is 21.6 Å². The van der Waals surface area contributed by atoms with Crippen molar-refractivity contribution in [3.63, 3.8) is 0 Å². The summed E-state index contributed by atoms with van der Waals surface area (Å²) in [6.45, 7) is 1.04. The molecule has 0 radical (unpaired) electrons. The molecule has 0 unspecified atom stereocenters. The van der Waals surface area contributed by atoms with Gasteiger partial charge >= 0.3 is 0 Å². The van der Waals surface area contributed by atoms with Gasteiger partial charge in [0.05, 0.1) is 6.61 Å². The lowest BCUT2D eigenvalue weighted by molar-refractivity contribution is 0.253. The first-order chi connectivity index (χ1) is 8.84. The van der Waals surface area contributed by atoms with E-state index in [1.807, 2.05) is 0 Å². The van der Waals surface area contributed by atoms with E-state index in [4.69, 9.17) is 5.11 Å². The maximum absolute atomic E-state index is 13.5. The molecule has 1 N–H and O–H groups in total. The Kier molecular flexibility index (Phi) is 5.33. The summed E-state index contributed by atoms with van der Waals surface area (Å²) in [5.74, 6) is -4.26. The van der Waals surface area contributed by atoms with E-state index in [0.717, 1.165) is 4.31 Å². The summed E-state index contributed by atoms with van der Waals surface area (Å²) < 4.78 is 64.3. The highest BCUT2D eigenvalue weighted by Gasteiger charge is 2.28. The second kappa shape index (κ2) is 6.36. The van der Waals surface area contributed by atoms with Crippen molar-refractivity contribution in [1.29, 1.82) is 0 Å². The lowest BCUT2D eigenvalue weighted by atomic mass is 10.3. The first kappa shape index (κ1) is 15.9. The Hall–Kier alpha value is -1.12. The van der Waals surface area contributed by atoms with Gasteiger partial charge in [0.2, 0.25) is 10.0 Å². The van der Waals surface area contributed by atoms with Crippen molar-refractivity contribution in [3.8, 4) is 0 Å². The lowest BCUT2D eigenvalue weighted by Gasteiger charge is -2.20. The molecule has 0 spiro atoms. The van der Waals surface area contributed by atoms with Gasteiger partial charge < -0.3 is 5.11 Å². The number of rotatable bonds is 6. The number of sulfonamides is 1. The molecule has 19 heavy (non-hydrogen) atoms. The van der Waals surface area contributed by atoms with Gasteiger partial charge in [-0.15, -0.1) is 0 Å². The number of hydrogen-bond acceptors (Lipinski definition) is 3. The number of hydrogen-bond donors (Lipinski definition) is 1. The fourth-order valence-electron chi connectivity index (χ4n) is 1.55. The highest BCUT2D eigenvalue weighted by Crippen LogP contribution is 2.22. The van der Waals surface area contributed by atoms with Crippen LogP contribution in [0.1, 0.15) is 13.3 Å². The van der Waals surface area contributed by atoms with E-state index >= 15 is 0 Å². The fourth-order valence-corrected chi connectivity index (χ4v) is 3.14. The van der Waals surface area contributed by atoms with E-state index < -0.39 is 39.0 Å². The molecule has 0 fully saturated rings. The molecular formula is C11H14F3NO3S. The Morgan fingerprint density at radius 1 is 1.11 bits per heavy atom. The predicted octanol–water partition coefficient (Wildman–Crippen LogP) is 1.50. The number of aliphatic hydroxyl groups excluding tert-OH is 1. The van der Waals surface area contributed by atoms with Crippen molar-refractivity contribution in [2.75, 3.05) is 19.7 Å². The van der Waals surface area contributed by atoms with Gasteiger partial charge in [-0.2, -0.15) is 4.31 Å². The monoisotopic (exact) mass is 297 g/mol. The summed E-state index contributed by atoms with van der Waals surface area (Å²) >= 11 is 0. The van der Waals surface area contributed by atoms with Crippen LogP contribution in [0.15, 0.2) is 17.0 Å². The number of nitrogens with zero attached hydrogens (tertiary/aromatic N) is 1. The van der Waals surface area contributed by atoms with Crippen molar-refractivity contribution in [3.05, 3.63) is 29.6 Å². The highest BCUT2D eigenvalue weighted by molar-refractivity contribution is 7.89. The van der Waals surface area contributed by atoms with Crippen LogP contribution >= 0.6 is 0 Å². The molecule has 4 nitrogen and oxygen atoms in total. The third-order valence-electron chi connectivity index (χ3n) is 2.42. The zero-order valence-electron chi connectivity index (χ0n) is 10.2. The van der Waals surface area contributed by atoms with Crippen molar-refractivity contribution >= 4 is 10.0 Å². The fraction of sp³-hybridized carbons (Fsp3) is 0.455. The van der Waals surface area contributed by atoms with E-state index in [0.29, 0.717) is 12.5 Å². The molecule has 0 aliphatic carbocycles. The van der Waals surface area contributed by atoms with Crippen LogP contribution in [0.25, 0.3) is 0 Å². The van der Waals surface area contributed by atoms with Gasteiger partial charge in [0.1, 0.15) is 10.7 Å². The summed E-state index contributed by atoms with van der Waals surface area (Å²) in [5, 5.41) is 8.81. The molecule has 0 aliphatic heterocycles. The van der Waals surface area contributed by atoms with Crippen LogP contribution in [-0.2, 0) is 10.0 Å². The molecule has 1 aromatic carbocycles. The zero-order valence-corrected chi connectivity index (χ0v) is 11.1. The zero-order chi connectivity index (χ0) is 14.6. The third kappa shape index (κ3) is 3.46. The predicted molar refractivity (Wildman–Crippen MR) is 62.5 cm³/mol. The van der Waals surface area contributed by atoms with E-state index in [2.05, 4.69) is 0 Å². The van der Waals surface area contributed by atoms with Crippen molar-refractivity contribution in [1.82, 2.24) is 4.31 Å². The minimum atomic E-state index is -4.30. The molecule has 108 valence electrons. The first-order valence-electron chi connectivity index (χ1n) is 5.60. The molecule has 0 saturated carbocycles. The largest absolute Gasteiger partial charge is 0.395 e. The maximum Gasteiger partial charge on any atom is 0.246 e. The number of benzene rings is 1. The average Bonchev–Trinajstić information content (AvgIpc) is 2.33. The van der Waals surface area contributed by atoms with E-state index in [1.54, 1.807) is 6.92 Å². The number of aliphatic hydroxyl groups is 1. The van der Waals surface area contributed by atoms with Crippen LogP contribution < -0.4 is 0 Å². The molecule has 0 atom stereocenters. The van der Waals surface area contributed by atoms with Crippen molar-refractivity contribution < 1.29 is 26.7 Å². The van der Waals surface area contributed by atoms with Crippen LogP contribution in [0.5, 0.6) is 0 Å². The molecule has 0 aliphatic rings. The smallest absolute Gasteiger partial charge is 0.246 e. The summed E-state index contributed by atoms with van der Waals surface area (Å²) in [6.07, 6.45) is 0.435. The van der Waals surface area contributed by atoms with Gasteiger partial charge in [-0.1, -0.05) is 6.92 Å². The normalized spacial score (nSPS) is 12.1. The van der Waals surface area contributed by atoms with Gasteiger partial charge in [0.15, 0.2) is 11.6 Å². The molecule has 0 saturated heterocycles. The minimum absolute atomic E-state index is 0.0430. The second-order valence-electron chi connectivity index (χ2n) is 3.82. The topological polar surface area (TPSA) is 57.6 Å². The highest BCUT2D eigenvalue weighted by atomic mass is 32.2.